The third-order valence-corrected chi connectivity index (χ3v) is 6.41. The molecule has 0 saturated heterocycles. The summed E-state index contributed by atoms with van der Waals surface area (Å²) >= 11 is 1.62. The molecule has 0 atom stereocenters. The Kier molecular flexibility index (Phi) is 7.61. The van der Waals surface area contributed by atoms with Gasteiger partial charge in [0.2, 0.25) is 5.78 Å². The summed E-state index contributed by atoms with van der Waals surface area (Å²) in [7, 11) is 0. The fourth-order valence-corrected chi connectivity index (χ4v) is 4.01. The van der Waals surface area contributed by atoms with Crippen molar-refractivity contribution in [2.45, 2.75) is 63.9 Å². The van der Waals surface area contributed by atoms with Gasteiger partial charge in [0, 0.05) is 10.3 Å². The molecule has 5 nitrogen and oxygen atoms in total. The molecule has 6 heteroatoms. The van der Waals surface area contributed by atoms with E-state index in [1.54, 1.807) is 37.8 Å². The largest absolute Gasteiger partial charge is 0.478 e. The Hall–Kier alpha value is -2.99. The zero-order valence-corrected chi connectivity index (χ0v) is 21.6. The molecule has 0 amide bonds. The Bertz CT molecular complexity index is 1220. The molecule has 0 bridgehead atoms. The number of thioether (sulfide) groups is 1. The van der Waals surface area contributed by atoms with Gasteiger partial charge in [-0.3, -0.25) is 4.79 Å². The zero-order valence-electron chi connectivity index (χ0n) is 20.8. The summed E-state index contributed by atoms with van der Waals surface area (Å²) in [6.07, 6.45) is 5.28. The van der Waals surface area contributed by atoms with E-state index >= 15 is 0 Å². The van der Waals surface area contributed by atoms with Crippen molar-refractivity contribution in [3.63, 3.8) is 0 Å². The SMILES string of the molecule is CSc1ccc2cc(C(=O)/C=C/c3cc(C(C)C)c(OC(C)(C)C(=O)O)c(C(C)C)c3)oc2c1. The Morgan fingerprint density at radius 3 is 2.18 bits per heavy atom. The van der Waals surface area contributed by atoms with Gasteiger partial charge in [0.25, 0.3) is 0 Å². The van der Waals surface area contributed by atoms with Gasteiger partial charge in [0.05, 0.1) is 0 Å². The average molecular weight is 481 g/mol. The highest BCUT2D eigenvalue weighted by Crippen LogP contribution is 2.38. The van der Waals surface area contributed by atoms with Gasteiger partial charge in [-0.2, -0.15) is 0 Å². The number of benzene rings is 2. The molecule has 0 aliphatic carbocycles. The molecular weight excluding hydrogens is 448 g/mol. The van der Waals surface area contributed by atoms with Gasteiger partial charge in [-0.15, -0.1) is 11.8 Å². The number of ether oxygens (including phenoxy) is 1. The van der Waals surface area contributed by atoms with Crippen LogP contribution in [0.4, 0.5) is 0 Å². The molecule has 1 heterocycles. The molecule has 34 heavy (non-hydrogen) atoms. The van der Waals surface area contributed by atoms with Crippen molar-refractivity contribution in [3.05, 3.63) is 64.9 Å². The summed E-state index contributed by atoms with van der Waals surface area (Å²) in [6, 6.07) is 11.6. The fourth-order valence-electron chi connectivity index (χ4n) is 3.58. The van der Waals surface area contributed by atoms with Crippen LogP contribution in [0.25, 0.3) is 17.0 Å². The highest BCUT2D eigenvalue weighted by Gasteiger charge is 2.32. The number of ketones is 1. The molecule has 0 fully saturated rings. The second kappa shape index (κ2) is 10.1. The predicted octanol–water partition coefficient (Wildman–Crippen LogP) is 7.54. The third kappa shape index (κ3) is 5.55. The molecule has 0 radical (unpaired) electrons. The topological polar surface area (TPSA) is 76.7 Å². The maximum absolute atomic E-state index is 12.8. The summed E-state index contributed by atoms with van der Waals surface area (Å²) in [6.45, 7) is 11.2. The summed E-state index contributed by atoms with van der Waals surface area (Å²) < 4.78 is 11.8. The van der Waals surface area contributed by atoms with Crippen molar-refractivity contribution in [3.8, 4) is 5.75 Å². The summed E-state index contributed by atoms with van der Waals surface area (Å²) in [5, 5.41) is 10.5. The summed E-state index contributed by atoms with van der Waals surface area (Å²) in [4.78, 5) is 25.6. The molecule has 3 rings (SSSR count). The lowest BCUT2D eigenvalue weighted by molar-refractivity contribution is -0.152. The lowest BCUT2D eigenvalue weighted by Crippen LogP contribution is -2.38. The van der Waals surface area contributed by atoms with E-state index in [-0.39, 0.29) is 17.6 Å². The van der Waals surface area contributed by atoms with Crippen LogP contribution in [0.15, 0.2) is 51.8 Å². The van der Waals surface area contributed by atoms with E-state index in [4.69, 9.17) is 9.15 Å². The predicted molar refractivity (Wildman–Crippen MR) is 138 cm³/mol. The second-order valence-corrected chi connectivity index (χ2v) is 10.3. The number of furan rings is 1. The minimum absolute atomic E-state index is 0.0992. The van der Waals surface area contributed by atoms with Crippen molar-refractivity contribution in [2.75, 3.05) is 6.26 Å². The second-order valence-electron chi connectivity index (χ2n) is 9.47. The molecule has 180 valence electrons. The van der Waals surface area contributed by atoms with Crippen LogP contribution in [0.2, 0.25) is 0 Å². The first-order valence-electron chi connectivity index (χ1n) is 11.3. The van der Waals surface area contributed by atoms with Gasteiger partial charge in [0.15, 0.2) is 11.4 Å². The van der Waals surface area contributed by atoms with Crippen LogP contribution in [0.1, 0.15) is 80.6 Å². The highest BCUT2D eigenvalue weighted by atomic mass is 32.2. The number of carboxylic acid groups (broad SMARTS) is 1. The van der Waals surface area contributed by atoms with Crippen molar-refractivity contribution >= 4 is 40.6 Å². The monoisotopic (exact) mass is 480 g/mol. The number of fused-ring (bicyclic) bond motifs is 1. The number of hydrogen-bond donors (Lipinski definition) is 1. The van der Waals surface area contributed by atoms with Crippen molar-refractivity contribution < 1.29 is 23.8 Å². The molecule has 3 aromatic rings. The summed E-state index contributed by atoms with van der Waals surface area (Å²) in [5.41, 5.74) is 1.98. The minimum atomic E-state index is -1.36. The van der Waals surface area contributed by atoms with Gasteiger partial charge in [-0.1, -0.05) is 33.8 Å². The lowest BCUT2D eigenvalue weighted by Gasteiger charge is -2.28. The molecular formula is C28H32O5S. The zero-order chi connectivity index (χ0) is 25.2. The molecule has 1 N–H and O–H groups in total. The number of carboxylic acids is 1. The Morgan fingerprint density at radius 2 is 1.65 bits per heavy atom. The average Bonchev–Trinajstić information content (AvgIpc) is 3.20. The van der Waals surface area contributed by atoms with Gasteiger partial charge < -0.3 is 14.3 Å². The molecule has 0 spiro atoms. The first-order valence-corrected chi connectivity index (χ1v) is 12.6. The molecule has 0 aliphatic rings. The Morgan fingerprint density at radius 1 is 1.03 bits per heavy atom. The van der Waals surface area contributed by atoms with E-state index in [2.05, 4.69) is 0 Å². The van der Waals surface area contributed by atoms with E-state index in [0.29, 0.717) is 17.1 Å². The molecule has 0 saturated carbocycles. The number of rotatable bonds is 9. The van der Waals surface area contributed by atoms with Crippen LogP contribution in [0, 0.1) is 0 Å². The molecule has 0 aliphatic heterocycles. The summed E-state index contributed by atoms with van der Waals surface area (Å²) in [5.74, 6) is -0.152. The van der Waals surface area contributed by atoms with Crippen molar-refractivity contribution in [1.82, 2.24) is 0 Å². The van der Waals surface area contributed by atoms with Gasteiger partial charge in [-0.05, 0) is 91.1 Å². The maximum atomic E-state index is 12.8. The standard InChI is InChI=1S/C28H32O5S/c1-16(2)21-12-18(13-22(17(3)4)26(21)33-28(5,6)27(30)31)8-11-23(29)25-14-19-9-10-20(34-7)15-24(19)32-25/h8-17H,1-7H3,(H,30,31)/b11-8+. The smallest absolute Gasteiger partial charge is 0.347 e. The first-order chi connectivity index (χ1) is 15.9. The van der Waals surface area contributed by atoms with E-state index in [1.807, 2.05) is 64.3 Å². The third-order valence-electron chi connectivity index (χ3n) is 5.68. The van der Waals surface area contributed by atoms with E-state index in [1.165, 1.54) is 6.08 Å². The van der Waals surface area contributed by atoms with Crippen LogP contribution in [0.5, 0.6) is 5.75 Å². The van der Waals surface area contributed by atoms with Crippen LogP contribution in [-0.4, -0.2) is 28.7 Å². The maximum Gasteiger partial charge on any atom is 0.347 e. The van der Waals surface area contributed by atoms with Gasteiger partial charge in [0.1, 0.15) is 11.3 Å². The molecule has 2 aromatic carbocycles. The minimum Gasteiger partial charge on any atom is -0.478 e. The lowest BCUT2D eigenvalue weighted by atomic mass is 9.90. The number of allylic oxidation sites excluding steroid dienone is 1. The molecule has 1 aromatic heterocycles. The van der Waals surface area contributed by atoms with Gasteiger partial charge in [-0.25, -0.2) is 4.79 Å². The van der Waals surface area contributed by atoms with E-state index in [0.717, 1.165) is 27.0 Å². The number of hydrogen-bond acceptors (Lipinski definition) is 5. The first kappa shape index (κ1) is 25.6. The molecule has 0 unspecified atom stereocenters. The number of carbonyl (C=O) groups is 2. The van der Waals surface area contributed by atoms with Crippen LogP contribution in [-0.2, 0) is 4.79 Å². The normalized spacial score (nSPS) is 12.3. The quantitative estimate of drug-likeness (QED) is 0.194. The van der Waals surface area contributed by atoms with E-state index in [9.17, 15) is 14.7 Å². The number of aliphatic carboxylic acids is 1. The van der Waals surface area contributed by atoms with Crippen LogP contribution in [0.3, 0.4) is 0 Å². The van der Waals surface area contributed by atoms with Crippen molar-refractivity contribution in [2.24, 2.45) is 0 Å². The van der Waals surface area contributed by atoms with Crippen LogP contribution < -0.4 is 4.74 Å². The number of carbonyl (C=O) groups excluding carboxylic acids is 1. The highest BCUT2D eigenvalue weighted by molar-refractivity contribution is 7.98. The van der Waals surface area contributed by atoms with Crippen molar-refractivity contribution in [1.29, 1.82) is 0 Å². The van der Waals surface area contributed by atoms with Crippen LogP contribution >= 0.6 is 11.8 Å². The van der Waals surface area contributed by atoms with E-state index < -0.39 is 11.6 Å². The Balaban J connectivity index is 1.98. The fraction of sp³-hybridized carbons (Fsp3) is 0.357. The Labute approximate surface area is 205 Å². The van der Waals surface area contributed by atoms with Gasteiger partial charge >= 0.3 is 5.97 Å².